The smallest absolute Gasteiger partial charge is 0.167 e. The van der Waals surface area contributed by atoms with Gasteiger partial charge in [0.25, 0.3) is 0 Å². The maximum Gasteiger partial charge on any atom is 0.167 e. The maximum absolute atomic E-state index is 12.1. The van der Waals surface area contributed by atoms with Crippen molar-refractivity contribution in [2.24, 2.45) is 0 Å². The number of aryl methyl sites for hydroxylation is 1. The number of hydrogen-bond donors (Lipinski definition) is 1. The van der Waals surface area contributed by atoms with Gasteiger partial charge in [-0.15, -0.1) is 11.3 Å². The number of carbonyl (C=O) groups is 1. The fraction of sp³-hybridized carbons (Fsp3) is 0.333. The largest absolute Gasteiger partial charge is 0.294 e. The van der Waals surface area contributed by atoms with Crippen molar-refractivity contribution in [3.63, 3.8) is 0 Å². The zero-order chi connectivity index (χ0) is 12.0. The molecule has 0 aromatic carbocycles. The highest BCUT2D eigenvalue weighted by molar-refractivity contribution is 7.10. The minimum atomic E-state index is 0.173. The monoisotopic (exact) mass is 266 g/mol. The topological polar surface area (TPSA) is 45.8 Å². The molecule has 1 aliphatic carbocycles. The molecule has 2 heterocycles. The zero-order valence-electron chi connectivity index (χ0n) is 9.29. The third-order valence-corrected chi connectivity index (χ3v) is 4.72. The van der Waals surface area contributed by atoms with Crippen molar-refractivity contribution >= 4 is 28.7 Å². The number of fused-ring (bicyclic) bond motifs is 1. The molecule has 1 atom stereocenters. The summed E-state index contributed by atoms with van der Waals surface area (Å²) in [5.41, 5.74) is 2.54. The van der Waals surface area contributed by atoms with Crippen LogP contribution in [0.1, 0.15) is 39.0 Å². The van der Waals surface area contributed by atoms with Gasteiger partial charge in [-0.3, -0.25) is 9.89 Å². The Balaban J connectivity index is 2.00. The van der Waals surface area contributed by atoms with E-state index < -0.39 is 0 Å². The van der Waals surface area contributed by atoms with E-state index in [0.29, 0.717) is 6.42 Å². The van der Waals surface area contributed by atoms with E-state index in [2.05, 4.69) is 10.2 Å². The molecule has 3 nitrogen and oxygen atoms in total. The van der Waals surface area contributed by atoms with Crippen LogP contribution >= 0.6 is 22.9 Å². The molecule has 88 valence electrons. The Kier molecular flexibility index (Phi) is 2.56. The van der Waals surface area contributed by atoms with Gasteiger partial charge in [0.1, 0.15) is 0 Å². The normalized spacial score (nSPS) is 19.4. The van der Waals surface area contributed by atoms with Gasteiger partial charge in [0.05, 0.1) is 16.3 Å². The predicted molar refractivity (Wildman–Crippen MR) is 68.0 cm³/mol. The van der Waals surface area contributed by atoms with Crippen LogP contribution in [0.2, 0.25) is 5.02 Å². The summed E-state index contributed by atoms with van der Waals surface area (Å²) in [5, 5.41) is 9.81. The Morgan fingerprint density at radius 2 is 2.35 bits per heavy atom. The van der Waals surface area contributed by atoms with Crippen molar-refractivity contribution in [3.05, 3.63) is 38.3 Å². The molecule has 0 amide bonds. The predicted octanol–water partition coefficient (Wildman–Crippen LogP) is 3.35. The third kappa shape index (κ3) is 1.72. The van der Waals surface area contributed by atoms with Crippen LogP contribution in [0, 0.1) is 6.92 Å². The van der Waals surface area contributed by atoms with Crippen LogP contribution in [-0.2, 0) is 6.42 Å². The number of thiophene rings is 1. The first-order valence-electron chi connectivity index (χ1n) is 5.46. The lowest BCUT2D eigenvalue weighted by atomic mass is 9.85. The number of hydrogen-bond acceptors (Lipinski definition) is 3. The zero-order valence-corrected chi connectivity index (χ0v) is 10.9. The van der Waals surface area contributed by atoms with Crippen molar-refractivity contribution in [1.29, 1.82) is 0 Å². The lowest BCUT2D eigenvalue weighted by molar-refractivity contribution is 0.0964. The summed E-state index contributed by atoms with van der Waals surface area (Å²) in [4.78, 5) is 13.2. The lowest BCUT2D eigenvalue weighted by Crippen LogP contribution is -2.18. The number of ketones is 1. The molecular weight excluding hydrogens is 256 g/mol. The van der Waals surface area contributed by atoms with Gasteiger partial charge in [0.2, 0.25) is 0 Å². The third-order valence-electron chi connectivity index (χ3n) is 3.20. The quantitative estimate of drug-likeness (QED) is 0.860. The minimum absolute atomic E-state index is 0.173. The van der Waals surface area contributed by atoms with Crippen LogP contribution < -0.4 is 0 Å². The van der Waals surface area contributed by atoms with E-state index in [1.807, 2.05) is 18.4 Å². The van der Waals surface area contributed by atoms with E-state index in [-0.39, 0.29) is 11.7 Å². The number of nitrogens with zero attached hydrogens (tertiary/aromatic N) is 1. The first-order valence-corrected chi connectivity index (χ1v) is 6.72. The van der Waals surface area contributed by atoms with Gasteiger partial charge in [-0.25, -0.2) is 0 Å². The molecule has 0 radical (unpaired) electrons. The molecule has 3 rings (SSSR count). The number of halogens is 1. The van der Waals surface area contributed by atoms with Crippen LogP contribution in [0.4, 0.5) is 0 Å². The number of aromatic amines is 1. The molecule has 0 saturated carbocycles. The summed E-state index contributed by atoms with van der Waals surface area (Å²) >= 11 is 7.75. The molecule has 17 heavy (non-hydrogen) atoms. The van der Waals surface area contributed by atoms with Gasteiger partial charge < -0.3 is 0 Å². The van der Waals surface area contributed by atoms with Crippen molar-refractivity contribution < 1.29 is 4.79 Å². The molecule has 2 aromatic heterocycles. The highest BCUT2D eigenvalue weighted by atomic mass is 35.5. The molecule has 0 fully saturated rings. The molecular formula is C12H11ClN2OS. The Hall–Kier alpha value is -1.13. The second kappa shape index (κ2) is 3.96. The van der Waals surface area contributed by atoms with Gasteiger partial charge in [-0.2, -0.15) is 5.10 Å². The van der Waals surface area contributed by atoms with E-state index >= 15 is 0 Å². The van der Waals surface area contributed by atoms with E-state index in [9.17, 15) is 4.79 Å². The highest BCUT2D eigenvalue weighted by Gasteiger charge is 2.31. The Labute approximate surface area is 108 Å². The van der Waals surface area contributed by atoms with Crippen LogP contribution in [0.3, 0.4) is 0 Å². The average Bonchev–Trinajstić information content (AvgIpc) is 2.85. The van der Waals surface area contributed by atoms with Crippen molar-refractivity contribution in [2.45, 2.75) is 25.7 Å². The van der Waals surface area contributed by atoms with Crippen LogP contribution in [0.25, 0.3) is 0 Å². The van der Waals surface area contributed by atoms with E-state index in [0.717, 1.165) is 33.3 Å². The van der Waals surface area contributed by atoms with Gasteiger partial charge in [0.15, 0.2) is 5.78 Å². The summed E-state index contributed by atoms with van der Waals surface area (Å²) in [5.74, 6) is 0.370. The van der Waals surface area contributed by atoms with Crippen molar-refractivity contribution in [3.8, 4) is 0 Å². The summed E-state index contributed by atoms with van der Waals surface area (Å²) in [6.07, 6.45) is 1.36. The Morgan fingerprint density at radius 3 is 3.06 bits per heavy atom. The molecule has 0 aliphatic heterocycles. The van der Waals surface area contributed by atoms with Crippen LogP contribution in [0.15, 0.2) is 11.4 Å². The first-order chi connectivity index (χ1) is 8.16. The summed E-state index contributed by atoms with van der Waals surface area (Å²) in [6, 6.07) is 1.89. The molecule has 2 aromatic rings. The van der Waals surface area contributed by atoms with E-state index in [1.54, 1.807) is 11.3 Å². The summed E-state index contributed by atoms with van der Waals surface area (Å²) < 4.78 is 0. The van der Waals surface area contributed by atoms with Crippen LogP contribution in [0.5, 0.6) is 0 Å². The summed E-state index contributed by atoms with van der Waals surface area (Å²) in [7, 11) is 0. The number of H-pyrrole nitrogens is 1. The number of aromatic nitrogens is 2. The lowest BCUT2D eigenvalue weighted by Gasteiger charge is -2.20. The highest BCUT2D eigenvalue weighted by Crippen LogP contribution is 2.38. The first kappa shape index (κ1) is 11.0. The number of carbonyl (C=O) groups excluding carboxylic acids is 1. The van der Waals surface area contributed by atoms with Gasteiger partial charge in [-0.1, -0.05) is 11.6 Å². The fourth-order valence-electron chi connectivity index (χ4n) is 2.43. The van der Waals surface area contributed by atoms with Gasteiger partial charge in [-0.05, 0) is 24.8 Å². The van der Waals surface area contributed by atoms with E-state index in [1.165, 1.54) is 0 Å². The SMILES string of the molecule is Cc1n[nH]c2c1C(=O)CC(c1sccc1Cl)C2. The molecule has 1 aliphatic rings. The summed E-state index contributed by atoms with van der Waals surface area (Å²) in [6.45, 7) is 1.87. The Bertz CT molecular complexity index is 587. The second-order valence-electron chi connectivity index (χ2n) is 4.32. The molecule has 0 saturated heterocycles. The van der Waals surface area contributed by atoms with Gasteiger partial charge >= 0.3 is 0 Å². The number of rotatable bonds is 1. The van der Waals surface area contributed by atoms with Crippen molar-refractivity contribution in [1.82, 2.24) is 10.2 Å². The number of Topliss-reactive ketones (excluding diaryl/α,β-unsaturated/α-hetero) is 1. The molecule has 0 bridgehead atoms. The minimum Gasteiger partial charge on any atom is -0.294 e. The molecule has 1 N–H and O–H groups in total. The fourth-order valence-corrected chi connectivity index (χ4v) is 3.74. The maximum atomic E-state index is 12.1. The van der Waals surface area contributed by atoms with Crippen molar-refractivity contribution in [2.75, 3.05) is 0 Å². The average molecular weight is 267 g/mol. The van der Waals surface area contributed by atoms with Gasteiger partial charge in [0, 0.05) is 22.9 Å². The standard InChI is InChI=1S/C12H11ClN2OS/c1-6-11-9(15-14-6)4-7(5-10(11)16)12-8(13)2-3-17-12/h2-3,7H,4-5H2,1H3,(H,14,15). The molecule has 1 unspecified atom stereocenters. The molecule has 0 spiro atoms. The molecule has 5 heteroatoms. The van der Waals surface area contributed by atoms with Crippen LogP contribution in [-0.4, -0.2) is 16.0 Å². The number of nitrogens with one attached hydrogen (secondary N) is 1. The second-order valence-corrected chi connectivity index (χ2v) is 5.68. The van der Waals surface area contributed by atoms with E-state index in [4.69, 9.17) is 11.6 Å². The Morgan fingerprint density at radius 1 is 1.53 bits per heavy atom.